The first-order chi connectivity index (χ1) is 22.1. The zero-order valence-corrected chi connectivity index (χ0v) is 29.6. The van der Waals surface area contributed by atoms with Crippen LogP contribution in [0.15, 0.2) is 101 Å². The van der Waals surface area contributed by atoms with Crippen molar-refractivity contribution in [2.45, 2.75) is 72.4 Å². The zero-order chi connectivity index (χ0) is 34.4. The van der Waals surface area contributed by atoms with Crippen LogP contribution in [0.1, 0.15) is 42.8 Å². The number of hydrogen-bond acceptors (Lipinski definition) is 8. The SMILES string of the molecule is COc1ccc(C(c2ccccc2)(c2ccc(OC)cc2)C(O)[C@@H]2S[C@H](n3ccc(=O)[nH]c3=O)[C@@](O)([Si](C)(C)C(C)(C)C)[C@@H]2O)cc1. The van der Waals surface area contributed by atoms with Gasteiger partial charge >= 0.3 is 5.69 Å². The number of hydrogen-bond donors (Lipinski definition) is 4. The molecule has 4 aromatic rings. The molecule has 1 unspecified atom stereocenters. The zero-order valence-electron chi connectivity index (χ0n) is 27.8. The Balaban J connectivity index is 1.81. The Labute approximate surface area is 280 Å². The first kappa shape index (κ1) is 34.7. The maximum Gasteiger partial charge on any atom is 0.329 e. The lowest BCUT2D eigenvalue weighted by Gasteiger charge is -2.51. The summed E-state index contributed by atoms with van der Waals surface area (Å²) >= 11 is 1.15. The fraction of sp³-hybridized carbons (Fsp3) is 0.389. The lowest BCUT2D eigenvalue weighted by Crippen LogP contribution is -2.69. The summed E-state index contributed by atoms with van der Waals surface area (Å²) in [7, 11) is 0.212. The molecule has 0 bridgehead atoms. The summed E-state index contributed by atoms with van der Waals surface area (Å²) in [6.45, 7) is 10.1. The van der Waals surface area contributed by atoms with Crippen molar-refractivity contribution >= 4 is 19.8 Å². The average molecular weight is 677 g/mol. The van der Waals surface area contributed by atoms with E-state index in [2.05, 4.69) is 4.98 Å². The van der Waals surface area contributed by atoms with Gasteiger partial charge in [0.15, 0.2) is 0 Å². The summed E-state index contributed by atoms with van der Waals surface area (Å²) in [6.07, 6.45) is -1.45. The fourth-order valence-electron chi connectivity index (χ4n) is 6.81. The molecular weight excluding hydrogens is 633 g/mol. The van der Waals surface area contributed by atoms with E-state index in [1.54, 1.807) is 14.2 Å². The van der Waals surface area contributed by atoms with Crippen LogP contribution in [-0.4, -0.2) is 69.8 Å². The molecule has 1 aliphatic rings. The van der Waals surface area contributed by atoms with Gasteiger partial charge in [0, 0.05) is 12.3 Å². The highest BCUT2D eigenvalue weighted by molar-refractivity contribution is 8.00. The second-order valence-electron chi connectivity index (χ2n) is 13.7. The van der Waals surface area contributed by atoms with E-state index in [-0.39, 0.29) is 0 Å². The Morgan fingerprint density at radius 1 is 0.851 bits per heavy atom. The largest absolute Gasteiger partial charge is 0.497 e. The van der Waals surface area contributed by atoms with E-state index in [9.17, 15) is 24.9 Å². The number of aromatic nitrogens is 2. The van der Waals surface area contributed by atoms with Gasteiger partial charge in [0.25, 0.3) is 5.56 Å². The molecule has 1 fully saturated rings. The van der Waals surface area contributed by atoms with Crippen LogP contribution in [0.4, 0.5) is 0 Å². The molecule has 1 saturated heterocycles. The van der Waals surface area contributed by atoms with Crippen LogP contribution in [0.5, 0.6) is 11.5 Å². The first-order valence-electron chi connectivity index (χ1n) is 15.5. The Morgan fingerprint density at radius 2 is 1.34 bits per heavy atom. The monoisotopic (exact) mass is 676 g/mol. The highest BCUT2D eigenvalue weighted by atomic mass is 32.2. The third-order valence-corrected chi connectivity index (χ3v) is 18.7. The number of rotatable bonds is 9. The quantitative estimate of drug-likeness (QED) is 0.148. The van der Waals surface area contributed by atoms with Crippen molar-refractivity contribution in [1.29, 1.82) is 0 Å². The minimum absolute atomic E-state index is 0.435. The number of aliphatic hydroxyl groups excluding tert-OH is 2. The topological polar surface area (TPSA) is 134 Å². The number of methoxy groups -OCH3 is 2. The highest BCUT2D eigenvalue weighted by Gasteiger charge is 2.69. The van der Waals surface area contributed by atoms with Crippen molar-refractivity contribution < 1.29 is 24.8 Å². The van der Waals surface area contributed by atoms with Gasteiger partial charge in [-0.05, 0) is 46.0 Å². The predicted octanol–water partition coefficient (Wildman–Crippen LogP) is 4.70. The smallest absolute Gasteiger partial charge is 0.329 e. The third kappa shape index (κ3) is 5.57. The number of H-pyrrole nitrogens is 1. The van der Waals surface area contributed by atoms with Crippen molar-refractivity contribution in [3.63, 3.8) is 0 Å². The number of thioether (sulfide) groups is 1. The van der Waals surface area contributed by atoms with Crippen LogP contribution in [-0.2, 0) is 5.41 Å². The molecule has 0 saturated carbocycles. The molecule has 3 aromatic carbocycles. The minimum atomic E-state index is -2.96. The molecule has 47 heavy (non-hydrogen) atoms. The number of ether oxygens (including phenoxy) is 2. The molecular formula is C36H44N2O7SSi. The maximum atomic E-state index is 13.3. The van der Waals surface area contributed by atoms with Gasteiger partial charge < -0.3 is 24.8 Å². The Hall–Kier alpha value is -3.61. The lowest BCUT2D eigenvalue weighted by molar-refractivity contribution is -0.0476. The van der Waals surface area contributed by atoms with Crippen molar-refractivity contribution in [2.75, 3.05) is 14.2 Å². The van der Waals surface area contributed by atoms with E-state index in [1.807, 2.05) is 113 Å². The van der Waals surface area contributed by atoms with Gasteiger partial charge in [0.2, 0.25) is 0 Å². The molecule has 0 radical (unpaired) electrons. The Morgan fingerprint density at radius 3 is 1.79 bits per heavy atom. The van der Waals surface area contributed by atoms with Crippen molar-refractivity contribution in [3.05, 3.63) is 129 Å². The van der Waals surface area contributed by atoms with Gasteiger partial charge in [-0.1, -0.05) is 88.5 Å². The molecule has 5 atom stereocenters. The van der Waals surface area contributed by atoms with E-state index in [0.717, 1.165) is 28.5 Å². The standard InChI is InChI=1S/C36H44N2O7SSi/c1-34(2,3)47(6,7)36(43)31(41)29(46-32(36)38-22-21-28(39)37-33(38)42)30(40)35(23-11-9-8-10-12-23,24-13-17-26(44-4)18-14-24)25-15-19-27(45-5)20-16-25/h8-22,29-32,40-41,43H,1-7H3,(H,37,39,42)/t29-,30?,31+,32-,36-/m0/s1. The van der Waals surface area contributed by atoms with Gasteiger partial charge in [-0.25, -0.2) is 4.79 Å². The summed E-state index contributed by atoms with van der Waals surface area (Å²) in [5.74, 6) is 1.28. The molecule has 11 heteroatoms. The normalized spacial score (nSPS) is 22.6. The van der Waals surface area contributed by atoms with E-state index in [4.69, 9.17) is 9.47 Å². The number of benzene rings is 3. The first-order valence-corrected chi connectivity index (χ1v) is 19.5. The molecule has 1 aromatic heterocycles. The van der Waals surface area contributed by atoms with Crippen LogP contribution in [0.25, 0.3) is 0 Å². The summed E-state index contributed by atoms with van der Waals surface area (Å²) in [6, 6.07) is 25.7. The van der Waals surface area contributed by atoms with Crippen LogP contribution in [0.3, 0.4) is 0 Å². The molecule has 2 heterocycles. The Bertz CT molecular complexity index is 1760. The van der Waals surface area contributed by atoms with Crippen LogP contribution in [0, 0.1) is 0 Å². The molecule has 4 N–H and O–H groups in total. The number of aromatic amines is 1. The van der Waals surface area contributed by atoms with E-state index in [0.29, 0.717) is 11.5 Å². The second-order valence-corrected chi connectivity index (χ2v) is 20.5. The molecule has 5 rings (SSSR count). The summed E-state index contributed by atoms with van der Waals surface area (Å²) in [5.41, 5.74) is -0.307. The summed E-state index contributed by atoms with van der Waals surface area (Å²) in [4.78, 5) is 27.7. The molecule has 0 amide bonds. The van der Waals surface area contributed by atoms with Crippen LogP contribution in [0.2, 0.25) is 18.1 Å². The average Bonchev–Trinajstić information content (AvgIpc) is 3.33. The van der Waals surface area contributed by atoms with Gasteiger partial charge in [0.05, 0.1) is 45.2 Å². The van der Waals surface area contributed by atoms with Crippen LogP contribution >= 0.6 is 11.8 Å². The van der Waals surface area contributed by atoms with Gasteiger partial charge in [0.1, 0.15) is 22.1 Å². The van der Waals surface area contributed by atoms with Gasteiger partial charge in [-0.2, -0.15) is 0 Å². The van der Waals surface area contributed by atoms with E-state index >= 15 is 0 Å². The van der Waals surface area contributed by atoms with E-state index in [1.165, 1.54) is 16.8 Å². The van der Waals surface area contributed by atoms with Crippen molar-refractivity contribution in [2.24, 2.45) is 0 Å². The Kier molecular flexibility index (Phi) is 9.44. The predicted molar refractivity (Wildman–Crippen MR) is 188 cm³/mol. The summed E-state index contributed by atoms with van der Waals surface area (Å²) in [5, 5.41) is 34.2. The molecule has 250 valence electrons. The number of aliphatic hydroxyl groups is 3. The van der Waals surface area contributed by atoms with Gasteiger partial charge in [-0.3, -0.25) is 14.3 Å². The lowest BCUT2D eigenvalue weighted by atomic mass is 9.64. The van der Waals surface area contributed by atoms with Gasteiger partial charge in [-0.15, -0.1) is 11.8 Å². The second kappa shape index (κ2) is 12.8. The fourth-order valence-corrected chi connectivity index (χ4v) is 12.5. The van der Waals surface area contributed by atoms with E-state index < -0.39 is 57.8 Å². The minimum Gasteiger partial charge on any atom is -0.497 e. The molecule has 1 aliphatic heterocycles. The number of nitrogens with one attached hydrogen (secondary N) is 1. The maximum absolute atomic E-state index is 13.3. The van der Waals surface area contributed by atoms with Crippen molar-refractivity contribution in [1.82, 2.24) is 9.55 Å². The van der Waals surface area contributed by atoms with Crippen LogP contribution < -0.4 is 20.7 Å². The molecule has 0 spiro atoms. The summed E-state index contributed by atoms with van der Waals surface area (Å²) < 4.78 is 12.2. The molecule has 0 aliphatic carbocycles. The van der Waals surface area contributed by atoms with Crippen molar-refractivity contribution in [3.8, 4) is 11.5 Å². The number of nitrogens with zero attached hydrogens (tertiary/aromatic N) is 1. The highest BCUT2D eigenvalue weighted by Crippen LogP contribution is 2.60. The molecule has 9 nitrogen and oxygen atoms in total. The third-order valence-electron chi connectivity index (χ3n) is 10.5.